The summed E-state index contributed by atoms with van der Waals surface area (Å²) in [6.07, 6.45) is 2.82. The molecular formula is C13H12FN3O. The SMILES string of the molecule is Cc1ncncc1C(=O)NCc1ccccc1F. The lowest BCUT2D eigenvalue weighted by Crippen LogP contribution is -2.24. The Morgan fingerprint density at radius 1 is 1.39 bits per heavy atom. The van der Waals surface area contributed by atoms with Crippen LogP contribution < -0.4 is 5.32 Å². The van der Waals surface area contributed by atoms with Gasteiger partial charge in [-0.25, -0.2) is 14.4 Å². The van der Waals surface area contributed by atoms with E-state index in [1.807, 2.05) is 0 Å². The maximum atomic E-state index is 13.3. The van der Waals surface area contributed by atoms with Crippen molar-refractivity contribution in [3.8, 4) is 0 Å². The molecule has 1 aromatic carbocycles. The molecule has 0 unspecified atom stereocenters. The number of aryl methyl sites for hydroxylation is 1. The molecule has 1 N–H and O–H groups in total. The lowest BCUT2D eigenvalue weighted by Gasteiger charge is -2.07. The number of aromatic nitrogens is 2. The Balaban J connectivity index is 2.06. The maximum absolute atomic E-state index is 13.3. The molecule has 0 fully saturated rings. The van der Waals surface area contributed by atoms with Crippen molar-refractivity contribution in [3.63, 3.8) is 0 Å². The third-order valence-electron chi connectivity index (χ3n) is 2.55. The normalized spacial score (nSPS) is 10.1. The van der Waals surface area contributed by atoms with Gasteiger partial charge < -0.3 is 5.32 Å². The van der Waals surface area contributed by atoms with Crippen LogP contribution in [0.15, 0.2) is 36.8 Å². The van der Waals surface area contributed by atoms with E-state index in [1.54, 1.807) is 25.1 Å². The van der Waals surface area contributed by atoms with Crippen molar-refractivity contribution in [3.05, 3.63) is 59.4 Å². The number of amides is 1. The zero-order valence-electron chi connectivity index (χ0n) is 9.85. The number of hydrogen-bond donors (Lipinski definition) is 1. The van der Waals surface area contributed by atoms with E-state index in [0.717, 1.165) is 0 Å². The van der Waals surface area contributed by atoms with Crippen LogP contribution in [0.4, 0.5) is 4.39 Å². The van der Waals surface area contributed by atoms with Crippen molar-refractivity contribution in [1.82, 2.24) is 15.3 Å². The molecule has 0 saturated carbocycles. The monoisotopic (exact) mass is 245 g/mol. The Kier molecular flexibility index (Phi) is 3.62. The summed E-state index contributed by atoms with van der Waals surface area (Å²) in [5, 5.41) is 2.64. The largest absolute Gasteiger partial charge is 0.348 e. The van der Waals surface area contributed by atoms with Gasteiger partial charge in [0.2, 0.25) is 0 Å². The van der Waals surface area contributed by atoms with Crippen LogP contribution in [0, 0.1) is 12.7 Å². The first-order valence-corrected chi connectivity index (χ1v) is 5.46. The van der Waals surface area contributed by atoms with Gasteiger partial charge in [-0.2, -0.15) is 0 Å². The Labute approximate surface area is 104 Å². The second-order valence-corrected chi connectivity index (χ2v) is 3.80. The molecule has 1 amide bonds. The van der Waals surface area contributed by atoms with E-state index >= 15 is 0 Å². The number of nitrogens with zero attached hydrogens (tertiary/aromatic N) is 2. The molecular weight excluding hydrogens is 233 g/mol. The minimum atomic E-state index is -0.334. The van der Waals surface area contributed by atoms with E-state index in [0.29, 0.717) is 16.8 Å². The predicted molar refractivity (Wildman–Crippen MR) is 64.3 cm³/mol. The molecule has 0 aliphatic rings. The quantitative estimate of drug-likeness (QED) is 0.897. The van der Waals surface area contributed by atoms with Crippen LogP contribution in [0.25, 0.3) is 0 Å². The molecule has 0 saturated heterocycles. The van der Waals surface area contributed by atoms with Crippen molar-refractivity contribution in [2.45, 2.75) is 13.5 Å². The highest BCUT2D eigenvalue weighted by atomic mass is 19.1. The summed E-state index contributed by atoms with van der Waals surface area (Å²) < 4.78 is 13.3. The van der Waals surface area contributed by atoms with E-state index in [1.165, 1.54) is 18.6 Å². The molecule has 0 spiro atoms. The van der Waals surface area contributed by atoms with Crippen molar-refractivity contribution >= 4 is 5.91 Å². The molecule has 0 radical (unpaired) electrons. The van der Waals surface area contributed by atoms with Gasteiger partial charge in [-0.15, -0.1) is 0 Å². The minimum Gasteiger partial charge on any atom is -0.348 e. The number of rotatable bonds is 3. The number of benzene rings is 1. The summed E-state index contributed by atoms with van der Waals surface area (Å²) >= 11 is 0. The standard InChI is InChI=1S/C13H12FN3O/c1-9-11(7-15-8-17-9)13(18)16-6-10-4-2-3-5-12(10)14/h2-5,7-8H,6H2,1H3,(H,16,18). The van der Waals surface area contributed by atoms with Crippen molar-refractivity contribution in [2.75, 3.05) is 0 Å². The third-order valence-corrected chi connectivity index (χ3v) is 2.55. The first-order valence-electron chi connectivity index (χ1n) is 5.46. The van der Waals surface area contributed by atoms with Gasteiger partial charge in [0.05, 0.1) is 11.3 Å². The molecule has 2 rings (SSSR count). The Hall–Kier alpha value is -2.30. The average molecular weight is 245 g/mol. The summed E-state index contributed by atoms with van der Waals surface area (Å²) in [4.78, 5) is 19.6. The molecule has 4 nitrogen and oxygen atoms in total. The van der Waals surface area contributed by atoms with Crippen LogP contribution in [-0.4, -0.2) is 15.9 Å². The van der Waals surface area contributed by atoms with E-state index in [-0.39, 0.29) is 18.3 Å². The third kappa shape index (κ3) is 2.68. The first-order chi connectivity index (χ1) is 8.68. The zero-order valence-corrected chi connectivity index (χ0v) is 9.85. The number of nitrogens with one attached hydrogen (secondary N) is 1. The molecule has 1 heterocycles. The van der Waals surface area contributed by atoms with Crippen LogP contribution in [-0.2, 0) is 6.54 Å². The number of hydrogen-bond acceptors (Lipinski definition) is 3. The average Bonchev–Trinajstić information content (AvgIpc) is 2.38. The van der Waals surface area contributed by atoms with Crippen molar-refractivity contribution < 1.29 is 9.18 Å². The lowest BCUT2D eigenvalue weighted by molar-refractivity contribution is 0.0949. The Morgan fingerprint density at radius 3 is 2.89 bits per heavy atom. The van der Waals surface area contributed by atoms with Gasteiger partial charge in [-0.1, -0.05) is 18.2 Å². The van der Waals surface area contributed by atoms with Gasteiger partial charge in [0.25, 0.3) is 5.91 Å². The van der Waals surface area contributed by atoms with Crippen LogP contribution in [0.1, 0.15) is 21.6 Å². The fourth-order valence-electron chi connectivity index (χ4n) is 1.53. The van der Waals surface area contributed by atoms with E-state index in [2.05, 4.69) is 15.3 Å². The van der Waals surface area contributed by atoms with Crippen molar-refractivity contribution in [1.29, 1.82) is 0 Å². The van der Waals surface area contributed by atoms with Gasteiger partial charge in [-0.05, 0) is 13.0 Å². The summed E-state index contributed by atoms with van der Waals surface area (Å²) in [7, 11) is 0. The van der Waals surface area contributed by atoms with Gasteiger partial charge in [0.1, 0.15) is 12.1 Å². The summed E-state index contributed by atoms with van der Waals surface area (Å²) in [6.45, 7) is 1.86. The fourth-order valence-corrected chi connectivity index (χ4v) is 1.53. The molecule has 2 aromatic rings. The number of halogens is 1. The van der Waals surface area contributed by atoms with Gasteiger partial charge in [0, 0.05) is 18.3 Å². The van der Waals surface area contributed by atoms with E-state index < -0.39 is 0 Å². The highest BCUT2D eigenvalue weighted by Crippen LogP contribution is 2.07. The van der Waals surface area contributed by atoms with Gasteiger partial charge in [0.15, 0.2) is 0 Å². The molecule has 0 aliphatic carbocycles. The predicted octanol–water partition coefficient (Wildman–Crippen LogP) is 1.85. The maximum Gasteiger partial charge on any atom is 0.254 e. The topological polar surface area (TPSA) is 54.9 Å². The summed E-state index contributed by atoms with van der Waals surface area (Å²) in [5.74, 6) is -0.643. The molecule has 1 aromatic heterocycles. The van der Waals surface area contributed by atoms with Crippen LogP contribution >= 0.6 is 0 Å². The molecule has 0 aliphatic heterocycles. The molecule has 0 bridgehead atoms. The summed E-state index contributed by atoms with van der Waals surface area (Å²) in [6, 6.07) is 6.32. The summed E-state index contributed by atoms with van der Waals surface area (Å²) in [5.41, 5.74) is 1.44. The zero-order chi connectivity index (χ0) is 13.0. The number of carbonyl (C=O) groups excluding carboxylic acids is 1. The van der Waals surface area contributed by atoms with E-state index in [4.69, 9.17) is 0 Å². The second-order valence-electron chi connectivity index (χ2n) is 3.80. The fraction of sp³-hybridized carbons (Fsp3) is 0.154. The van der Waals surface area contributed by atoms with Crippen LogP contribution in [0.5, 0.6) is 0 Å². The highest BCUT2D eigenvalue weighted by molar-refractivity contribution is 5.94. The molecule has 0 atom stereocenters. The minimum absolute atomic E-state index is 0.139. The van der Waals surface area contributed by atoms with Gasteiger partial charge >= 0.3 is 0 Å². The first kappa shape index (κ1) is 12.2. The highest BCUT2D eigenvalue weighted by Gasteiger charge is 2.10. The lowest BCUT2D eigenvalue weighted by atomic mass is 10.2. The Bertz CT molecular complexity index is 572. The number of carbonyl (C=O) groups is 1. The van der Waals surface area contributed by atoms with Crippen LogP contribution in [0.2, 0.25) is 0 Å². The Morgan fingerprint density at radius 2 is 2.17 bits per heavy atom. The molecule has 18 heavy (non-hydrogen) atoms. The van der Waals surface area contributed by atoms with E-state index in [9.17, 15) is 9.18 Å². The van der Waals surface area contributed by atoms with Crippen molar-refractivity contribution in [2.24, 2.45) is 0 Å². The second kappa shape index (κ2) is 5.35. The molecule has 5 heteroatoms. The smallest absolute Gasteiger partial charge is 0.254 e. The van der Waals surface area contributed by atoms with Crippen LogP contribution in [0.3, 0.4) is 0 Å². The van der Waals surface area contributed by atoms with Gasteiger partial charge in [-0.3, -0.25) is 4.79 Å². The molecule has 92 valence electrons.